The van der Waals surface area contributed by atoms with E-state index in [1.807, 2.05) is 13.0 Å². The maximum atomic E-state index is 13.9. The van der Waals surface area contributed by atoms with Crippen molar-refractivity contribution in [3.8, 4) is 5.75 Å². The quantitative estimate of drug-likeness (QED) is 0.559. The fourth-order valence-electron chi connectivity index (χ4n) is 4.97. The first-order valence-electron chi connectivity index (χ1n) is 10.3. The van der Waals surface area contributed by atoms with Gasteiger partial charge in [-0.1, -0.05) is 24.3 Å². The van der Waals surface area contributed by atoms with E-state index < -0.39 is 29.0 Å². The minimum absolute atomic E-state index is 0.130. The smallest absolute Gasteiger partial charge is 0.256 e. The molecule has 1 saturated heterocycles. The number of carbonyl (C=O) groups excluding carboxylic acids is 2. The summed E-state index contributed by atoms with van der Waals surface area (Å²) in [5.74, 6) is -4.87. The lowest BCUT2D eigenvalue weighted by atomic mass is 9.88. The summed E-state index contributed by atoms with van der Waals surface area (Å²) in [6.07, 6.45) is 0. The maximum Gasteiger partial charge on any atom is 0.256 e. The zero-order valence-corrected chi connectivity index (χ0v) is 17.9. The standard InChI is InChI=1S/C25H19F3N2O3/c1-14-11-16(7-8-21(14)33-2)25-18-6-4-3-5-17(18)24(32)30(25)10-9-29(25)23(31)15-12-19(26)22(28)20(27)13-15/h3-8,11-13H,9-10H2,1-2H3. The van der Waals surface area contributed by atoms with Crippen LogP contribution in [0.5, 0.6) is 5.75 Å². The minimum Gasteiger partial charge on any atom is -0.496 e. The van der Waals surface area contributed by atoms with E-state index in [1.54, 1.807) is 48.4 Å². The van der Waals surface area contributed by atoms with E-state index in [0.29, 0.717) is 34.6 Å². The number of nitrogens with zero attached hydrogens (tertiary/aromatic N) is 2. The lowest BCUT2D eigenvalue weighted by molar-refractivity contribution is 0.0374. The topological polar surface area (TPSA) is 49.9 Å². The highest BCUT2D eigenvalue weighted by Gasteiger charge is 2.59. The minimum atomic E-state index is -1.64. The number of hydrogen-bond acceptors (Lipinski definition) is 3. The number of benzene rings is 3. The first-order chi connectivity index (χ1) is 15.8. The Hall–Kier alpha value is -3.81. The highest BCUT2D eigenvalue weighted by molar-refractivity contribution is 6.03. The molecule has 2 aliphatic heterocycles. The second kappa shape index (κ2) is 7.37. The summed E-state index contributed by atoms with van der Waals surface area (Å²) in [6.45, 7) is 2.19. The molecule has 8 heteroatoms. The molecule has 0 radical (unpaired) electrons. The van der Waals surface area contributed by atoms with Crippen molar-refractivity contribution in [2.75, 3.05) is 20.2 Å². The van der Waals surface area contributed by atoms with Crippen molar-refractivity contribution in [3.05, 3.63) is 99.9 Å². The summed E-state index contributed by atoms with van der Waals surface area (Å²) >= 11 is 0. The molecule has 0 aliphatic carbocycles. The van der Waals surface area contributed by atoms with Crippen LogP contribution in [-0.4, -0.2) is 41.8 Å². The second-order valence-corrected chi connectivity index (χ2v) is 8.07. The molecule has 2 aliphatic rings. The Morgan fingerprint density at radius 3 is 2.36 bits per heavy atom. The molecular weight excluding hydrogens is 433 g/mol. The summed E-state index contributed by atoms with van der Waals surface area (Å²) < 4.78 is 46.8. The predicted octanol–water partition coefficient (Wildman–Crippen LogP) is 4.23. The third-order valence-corrected chi connectivity index (χ3v) is 6.38. The van der Waals surface area contributed by atoms with Gasteiger partial charge >= 0.3 is 0 Å². The number of aryl methyl sites for hydroxylation is 1. The normalized spacial score (nSPS) is 19.0. The molecule has 2 amide bonds. The van der Waals surface area contributed by atoms with Crippen LogP contribution in [0.4, 0.5) is 13.2 Å². The summed E-state index contributed by atoms with van der Waals surface area (Å²) in [7, 11) is 1.55. The van der Waals surface area contributed by atoms with Gasteiger partial charge in [-0.05, 0) is 42.8 Å². The maximum absolute atomic E-state index is 13.9. The fourth-order valence-corrected chi connectivity index (χ4v) is 4.97. The third-order valence-electron chi connectivity index (χ3n) is 6.38. The van der Waals surface area contributed by atoms with Crippen LogP contribution < -0.4 is 4.74 Å². The first-order valence-corrected chi connectivity index (χ1v) is 10.3. The third kappa shape index (κ3) is 2.79. The molecule has 0 spiro atoms. The van der Waals surface area contributed by atoms with Gasteiger partial charge in [-0.25, -0.2) is 13.2 Å². The second-order valence-electron chi connectivity index (χ2n) is 8.07. The van der Waals surface area contributed by atoms with E-state index in [1.165, 1.54) is 4.90 Å². The molecule has 33 heavy (non-hydrogen) atoms. The van der Waals surface area contributed by atoms with Crippen LogP contribution in [0.15, 0.2) is 54.6 Å². The van der Waals surface area contributed by atoms with Gasteiger partial charge in [-0.3, -0.25) is 9.59 Å². The lowest BCUT2D eigenvalue weighted by Crippen LogP contribution is -2.51. The number of rotatable bonds is 3. The molecule has 3 aromatic rings. The molecule has 2 heterocycles. The fraction of sp³-hybridized carbons (Fsp3) is 0.200. The van der Waals surface area contributed by atoms with Crippen molar-refractivity contribution < 1.29 is 27.5 Å². The van der Waals surface area contributed by atoms with Gasteiger partial charge in [0.25, 0.3) is 11.8 Å². The first kappa shape index (κ1) is 21.1. The summed E-state index contributed by atoms with van der Waals surface area (Å²) in [5.41, 5.74) is 0.804. The molecule has 0 aromatic heterocycles. The van der Waals surface area contributed by atoms with Gasteiger partial charge in [0.15, 0.2) is 23.1 Å². The van der Waals surface area contributed by atoms with E-state index in [9.17, 15) is 22.8 Å². The van der Waals surface area contributed by atoms with Gasteiger partial charge in [0, 0.05) is 35.3 Å². The van der Waals surface area contributed by atoms with Gasteiger partial charge in [-0.15, -0.1) is 0 Å². The van der Waals surface area contributed by atoms with Gasteiger partial charge in [-0.2, -0.15) is 0 Å². The van der Waals surface area contributed by atoms with Gasteiger partial charge in [0.1, 0.15) is 5.75 Å². The Morgan fingerprint density at radius 1 is 1.00 bits per heavy atom. The summed E-state index contributed by atoms with van der Waals surface area (Å²) in [5, 5.41) is 0. The number of carbonyl (C=O) groups is 2. The molecule has 5 rings (SSSR count). The van der Waals surface area contributed by atoms with Crippen LogP contribution in [0, 0.1) is 24.4 Å². The van der Waals surface area contributed by atoms with Crippen LogP contribution in [0.3, 0.4) is 0 Å². The Morgan fingerprint density at radius 2 is 1.70 bits per heavy atom. The van der Waals surface area contributed by atoms with E-state index in [2.05, 4.69) is 0 Å². The molecule has 1 unspecified atom stereocenters. The van der Waals surface area contributed by atoms with Crippen molar-refractivity contribution in [1.29, 1.82) is 0 Å². The number of hydrogen-bond donors (Lipinski definition) is 0. The van der Waals surface area contributed by atoms with Crippen LogP contribution in [0.1, 0.15) is 37.4 Å². The van der Waals surface area contributed by atoms with Crippen LogP contribution in [-0.2, 0) is 5.66 Å². The average molecular weight is 452 g/mol. The van der Waals surface area contributed by atoms with Crippen molar-refractivity contribution in [1.82, 2.24) is 9.80 Å². The summed E-state index contributed by atoms with van der Waals surface area (Å²) in [4.78, 5) is 29.9. The summed E-state index contributed by atoms with van der Waals surface area (Å²) in [6, 6.07) is 13.7. The molecule has 0 bridgehead atoms. The number of methoxy groups -OCH3 is 1. The number of fused-ring (bicyclic) bond motifs is 3. The van der Waals surface area contributed by atoms with Crippen LogP contribution in [0.2, 0.25) is 0 Å². The van der Waals surface area contributed by atoms with Crippen LogP contribution in [0.25, 0.3) is 0 Å². The number of halogens is 3. The van der Waals surface area contributed by atoms with E-state index in [4.69, 9.17) is 4.74 Å². The SMILES string of the molecule is COc1ccc(C23c4ccccc4C(=O)N2CCN3C(=O)c2cc(F)c(F)c(F)c2)cc1C. The molecule has 3 aromatic carbocycles. The molecule has 1 atom stereocenters. The number of amides is 2. The monoisotopic (exact) mass is 452 g/mol. The largest absolute Gasteiger partial charge is 0.496 e. The van der Waals surface area contributed by atoms with Crippen molar-refractivity contribution in [2.24, 2.45) is 0 Å². The van der Waals surface area contributed by atoms with Crippen LogP contribution >= 0.6 is 0 Å². The lowest BCUT2D eigenvalue weighted by Gasteiger charge is -2.40. The average Bonchev–Trinajstić information content (AvgIpc) is 3.32. The predicted molar refractivity (Wildman–Crippen MR) is 113 cm³/mol. The zero-order chi connectivity index (χ0) is 23.5. The highest BCUT2D eigenvalue weighted by Crippen LogP contribution is 2.50. The Labute approximate surface area is 188 Å². The van der Waals surface area contributed by atoms with E-state index in [0.717, 1.165) is 5.56 Å². The van der Waals surface area contributed by atoms with Gasteiger partial charge < -0.3 is 14.5 Å². The Kier molecular flexibility index (Phi) is 4.70. The van der Waals surface area contributed by atoms with Crippen molar-refractivity contribution in [2.45, 2.75) is 12.6 Å². The Balaban J connectivity index is 1.75. The molecule has 5 nitrogen and oxygen atoms in total. The van der Waals surface area contributed by atoms with Crippen molar-refractivity contribution >= 4 is 11.8 Å². The molecule has 168 valence electrons. The van der Waals surface area contributed by atoms with E-state index >= 15 is 0 Å². The molecule has 0 N–H and O–H groups in total. The highest BCUT2D eigenvalue weighted by atomic mass is 19.2. The van der Waals surface area contributed by atoms with E-state index in [-0.39, 0.29) is 24.6 Å². The molecular formula is C25H19F3N2O3. The zero-order valence-electron chi connectivity index (χ0n) is 17.9. The van der Waals surface area contributed by atoms with Crippen molar-refractivity contribution in [3.63, 3.8) is 0 Å². The molecule has 1 fully saturated rings. The van der Waals surface area contributed by atoms with Gasteiger partial charge in [0.05, 0.1) is 7.11 Å². The number of ether oxygens (including phenoxy) is 1. The Bertz CT molecular complexity index is 1300. The van der Waals surface area contributed by atoms with Gasteiger partial charge in [0.2, 0.25) is 0 Å². The molecule has 0 saturated carbocycles.